The van der Waals surface area contributed by atoms with E-state index in [-0.39, 0.29) is 29.7 Å². The maximum absolute atomic E-state index is 12.7. The lowest BCUT2D eigenvalue weighted by Gasteiger charge is -2.16. The summed E-state index contributed by atoms with van der Waals surface area (Å²) in [4.78, 5) is 41.3. The molecule has 1 aromatic heterocycles. The second-order valence-electron chi connectivity index (χ2n) is 5.56. The van der Waals surface area contributed by atoms with E-state index < -0.39 is 17.1 Å². The number of rotatable bonds is 4. The lowest BCUT2D eigenvalue weighted by atomic mass is 10.2. The van der Waals surface area contributed by atoms with E-state index >= 15 is 0 Å². The Bertz CT molecular complexity index is 931. The van der Waals surface area contributed by atoms with Gasteiger partial charge in [-0.15, -0.1) is 0 Å². The molecule has 26 heavy (non-hydrogen) atoms. The number of amides is 2. The SMILES string of the molecule is O=C([O-])c1cccnc1S[C@@H]1CC(=O)N(c2ccc3c(c2)OCO3)C1=O. The molecule has 0 spiro atoms. The summed E-state index contributed by atoms with van der Waals surface area (Å²) in [5, 5.41) is 10.6. The normalized spacial score (nSPS) is 18.5. The highest BCUT2D eigenvalue weighted by atomic mass is 32.2. The van der Waals surface area contributed by atoms with Crippen LogP contribution in [-0.4, -0.2) is 34.8 Å². The van der Waals surface area contributed by atoms with E-state index in [1.54, 1.807) is 18.2 Å². The van der Waals surface area contributed by atoms with E-state index in [4.69, 9.17) is 9.47 Å². The zero-order valence-electron chi connectivity index (χ0n) is 13.2. The number of ether oxygens (including phenoxy) is 2. The molecule has 132 valence electrons. The first-order valence-corrected chi connectivity index (χ1v) is 8.52. The Hall–Kier alpha value is -3.07. The first-order valence-electron chi connectivity index (χ1n) is 7.64. The summed E-state index contributed by atoms with van der Waals surface area (Å²) in [5.74, 6) is -1.19. The highest BCUT2D eigenvalue weighted by molar-refractivity contribution is 8.00. The molecule has 0 bridgehead atoms. The number of carbonyl (C=O) groups excluding carboxylic acids is 3. The van der Waals surface area contributed by atoms with Crippen LogP contribution in [0.4, 0.5) is 5.69 Å². The average Bonchev–Trinajstić information content (AvgIpc) is 3.19. The fourth-order valence-electron chi connectivity index (χ4n) is 2.77. The number of carboxylic acids is 1. The van der Waals surface area contributed by atoms with Crippen LogP contribution in [-0.2, 0) is 9.59 Å². The Morgan fingerprint density at radius 1 is 1.23 bits per heavy atom. The van der Waals surface area contributed by atoms with E-state index in [0.29, 0.717) is 17.2 Å². The van der Waals surface area contributed by atoms with Crippen LogP contribution in [0.25, 0.3) is 0 Å². The van der Waals surface area contributed by atoms with E-state index in [1.807, 2.05) is 0 Å². The Labute approximate surface area is 151 Å². The molecule has 1 fully saturated rings. The third-order valence-electron chi connectivity index (χ3n) is 3.96. The number of hydrogen-bond acceptors (Lipinski definition) is 8. The fourth-order valence-corrected chi connectivity index (χ4v) is 3.87. The van der Waals surface area contributed by atoms with Crippen molar-refractivity contribution in [3.8, 4) is 11.5 Å². The minimum absolute atomic E-state index is 0.0546. The molecule has 2 amide bonds. The minimum Gasteiger partial charge on any atom is -0.545 e. The maximum Gasteiger partial charge on any atom is 0.247 e. The monoisotopic (exact) mass is 371 g/mol. The van der Waals surface area contributed by atoms with E-state index in [2.05, 4.69) is 4.98 Å². The number of aromatic nitrogens is 1. The number of nitrogens with zero attached hydrogens (tertiary/aromatic N) is 2. The summed E-state index contributed by atoms with van der Waals surface area (Å²) in [5.41, 5.74) is 0.271. The molecule has 2 aliphatic heterocycles. The summed E-state index contributed by atoms with van der Waals surface area (Å²) >= 11 is 0.942. The molecule has 1 atom stereocenters. The lowest BCUT2D eigenvalue weighted by Crippen LogP contribution is -2.31. The average molecular weight is 371 g/mol. The number of aromatic carboxylic acids is 1. The third kappa shape index (κ3) is 2.76. The summed E-state index contributed by atoms with van der Waals surface area (Å²) in [6.45, 7) is 0.0881. The predicted molar refractivity (Wildman–Crippen MR) is 87.9 cm³/mol. The second-order valence-corrected chi connectivity index (χ2v) is 6.75. The van der Waals surface area contributed by atoms with E-state index in [1.165, 1.54) is 18.3 Å². The summed E-state index contributed by atoms with van der Waals surface area (Å²) < 4.78 is 10.5. The molecule has 2 aromatic rings. The van der Waals surface area contributed by atoms with Gasteiger partial charge in [-0.2, -0.15) is 0 Å². The molecule has 1 aromatic carbocycles. The van der Waals surface area contributed by atoms with Crippen LogP contribution >= 0.6 is 11.8 Å². The molecule has 0 radical (unpaired) electrons. The Morgan fingerprint density at radius 3 is 2.85 bits per heavy atom. The van der Waals surface area contributed by atoms with Gasteiger partial charge < -0.3 is 19.4 Å². The highest BCUT2D eigenvalue weighted by Crippen LogP contribution is 2.39. The second kappa shape index (κ2) is 6.34. The van der Waals surface area contributed by atoms with E-state index in [0.717, 1.165) is 16.7 Å². The number of carbonyl (C=O) groups is 3. The van der Waals surface area contributed by atoms with Gasteiger partial charge in [-0.1, -0.05) is 11.8 Å². The lowest BCUT2D eigenvalue weighted by molar-refractivity contribution is -0.255. The number of imide groups is 1. The van der Waals surface area contributed by atoms with Gasteiger partial charge in [0.25, 0.3) is 0 Å². The van der Waals surface area contributed by atoms with Crippen LogP contribution in [0.5, 0.6) is 11.5 Å². The van der Waals surface area contributed by atoms with Crippen molar-refractivity contribution in [2.75, 3.05) is 11.7 Å². The molecule has 0 saturated carbocycles. The summed E-state index contributed by atoms with van der Waals surface area (Å²) in [6, 6.07) is 7.62. The van der Waals surface area contributed by atoms with Crippen molar-refractivity contribution in [3.63, 3.8) is 0 Å². The van der Waals surface area contributed by atoms with Crippen LogP contribution < -0.4 is 19.5 Å². The largest absolute Gasteiger partial charge is 0.545 e. The molecule has 3 heterocycles. The van der Waals surface area contributed by atoms with Crippen molar-refractivity contribution in [3.05, 3.63) is 42.1 Å². The molecule has 8 nitrogen and oxygen atoms in total. The third-order valence-corrected chi connectivity index (χ3v) is 5.17. The Balaban J connectivity index is 1.59. The van der Waals surface area contributed by atoms with Crippen molar-refractivity contribution >= 4 is 35.2 Å². The number of pyridine rings is 1. The fraction of sp³-hybridized carbons (Fsp3) is 0.176. The molecule has 4 rings (SSSR count). The molecule has 9 heteroatoms. The molecule has 0 aliphatic carbocycles. The highest BCUT2D eigenvalue weighted by Gasteiger charge is 2.41. The topological polar surface area (TPSA) is 109 Å². The van der Waals surface area contributed by atoms with Crippen molar-refractivity contribution in [1.82, 2.24) is 4.98 Å². The molecule has 0 N–H and O–H groups in total. The standard InChI is InChI=1S/C17H12N2O6S/c20-14-7-13(26-15-10(17(22)23)2-1-5-18-15)16(21)19(14)9-3-4-11-12(6-9)25-8-24-11/h1-6,13H,7-8H2,(H,22,23)/p-1/t13-/m1/s1. The van der Waals surface area contributed by atoms with Crippen molar-refractivity contribution in [2.24, 2.45) is 0 Å². The number of fused-ring (bicyclic) bond motifs is 1. The van der Waals surface area contributed by atoms with Crippen LogP contribution in [0, 0.1) is 0 Å². The molecule has 0 unspecified atom stereocenters. The van der Waals surface area contributed by atoms with E-state index in [9.17, 15) is 19.5 Å². The van der Waals surface area contributed by atoms with Gasteiger partial charge in [-0.25, -0.2) is 9.88 Å². The van der Waals surface area contributed by atoms with Crippen molar-refractivity contribution < 1.29 is 29.0 Å². The quantitative estimate of drug-likeness (QED) is 0.719. The van der Waals surface area contributed by atoms with Gasteiger partial charge in [0.05, 0.1) is 16.9 Å². The zero-order valence-corrected chi connectivity index (χ0v) is 14.0. The maximum atomic E-state index is 12.7. The van der Waals surface area contributed by atoms with Gasteiger partial charge in [-0.3, -0.25) is 9.59 Å². The van der Waals surface area contributed by atoms with Crippen molar-refractivity contribution in [1.29, 1.82) is 0 Å². The first-order chi connectivity index (χ1) is 12.5. The smallest absolute Gasteiger partial charge is 0.247 e. The first kappa shape index (κ1) is 16.4. The van der Waals surface area contributed by atoms with Gasteiger partial charge in [0.2, 0.25) is 18.6 Å². The van der Waals surface area contributed by atoms with Gasteiger partial charge in [0.1, 0.15) is 5.03 Å². The number of carboxylic acid groups (broad SMARTS) is 1. The molecule has 2 aliphatic rings. The number of thioether (sulfide) groups is 1. The summed E-state index contributed by atoms with van der Waals surface area (Å²) in [6.07, 6.45) is 1.37. The number of benzene rings is 1. The van der Waals surface area contributed by atoms with Crippen molar-refractivity contribution in [2.45, 2.75) is 16.7 Å². The zero-order chi connectivity index (χ0) is 18.3. The van der Waals surface area contributed by atoms with Gasteiger partial charge in [0.15, 0.2) is 11.5 Å². The van der Waals surface area contributed by atoms with Crippen LogP contribution in [0.15, 0.2) is 41.6 Å². The molecular formula is C17H11N2O6S-. The van der Waals surface area contributed by atoms with Gasteiger partial charge >= 0.3 is 0 Å². The molecule has 1 saturated heterocycles. The predicted octanol–water partition coefficient (Wildman–Crippen LogP) is 0.598. The number of hydrogen-bond donors (Lipinski definition) is 0. The minimum atomic E-state index is -1.38. The number of anilines is 1. The van der Waals surface area contributed by atoms with Crippen LogP contribution in [0.2, 0.25) is 0 Å². The van der Waals surface area contributed by atoms with Crippen LogP contribution in [0.1, 0.15) is 16.8 Å². The Kier molecular flexibility index (Phi) is 4.00. The Morgan fingerprint density at radius 2 is 2.04 bits per heavy atom. The van der Waals surface area contributed by atoms with Gasteiger partial charge in [-0.05, 0) is 24.3 Å². The van der Waals surface area contributed by atoms with Crippen LogP contribution in [0.3, 0.4) is 0 Å². The summed E-state index contributed by atoms with van der Waals surface area (Å²) in [7, 11) is 0. The van der Waals surface area contributed by atoms with Gasteiger partial charge in [0, 0.05) is 24.2 Å². The molecular weight excluding hydrogens is 360 g/mol.